The fraction of sp³-hybridized carbons (Fsp3) is 0.625. The number of hydrogen-bond acceptors (Lipinski definition) is 2. The molecule has 3 heteroatoms. The predicted molar refractivity (Wildman–Crippen MR) is 84.8 cm³/mol. The van der Waals surface area contributed by atoms with Gasteiger partial charge in [0.25, 0.3) is 0 Å². The lowest BCUT2D eigenvalue weighted by Gasteiger charge is -2.15. The Bertz CT molecular complexity index is 400. The van der Waals surface area contributed by atoms with Crippen molar-refractivity contribution in [2.24, 2.45) is 11.7 Å². The molecule has 1 rings (SSSR count). The van der Waals surface area contributed by atoms with E-state index in [1.165, 1.54) is 5.56 Å². The van der Waals surface area contributed by atoms with Crippen LogP contribution in [0.4, 0.5) is 0 Å². The Morgan fingerprint density at radius 3 is 2.05 bits per heavy atom. The minimum absolute atomic E-state index is 0.119. The van der Waals surface area contributed by atoms with Crippen LogP contribution < -0.4 is 5.73 Å². The van der Waals surface area contributed by atoms with E-state index in [-0.39, 0.29) is 6.04 Å². The van der Waals surface area contributed by atoms with Gasteiger partial charge in [-0.05, 0) is 23.0 Å². The number of nitrogens with two attached hydrogens (primary N) is 1. The molecule has 0 heterocycles. The molecule has 0 aromatic heterocycles. The zero-order chi connectivity index (χ0) is 14.4. The minimum atomic E-state index is -0.820. The average molecular weight is 281 g/mol. The molecule has 3 unspecified atom stereocenters. The lowest BCUT2D eigenvalue weighted by molar-refractivity contribution is 0.612. The highest BCUT2D eigenvalue weighted by molar-refractivity contribution is 7.85. The first-order chi connectivity index (χ1) is 8.93. The molecule has 0 fully saturated rings. The molecule has 19 heavy (non-hydrogen) atoms. The van der Waals surface area contributed by atoms with E-state index in [4.69, 9.17) is 5.73 Å². The van der Waals surface area contributed by atoms with E-state index in [2.05, 4.69) is 52.0 Å². The summed E-state index contributed by atoms with van der Waals surface area (Å²) in [6.07, 6.45) is 1.07. The van der Waals surface area contributed by atoms with Gasteiger partial charge in [0.15, 0.2) is 0 Å². The van der Waals surface area contributed by atoms with Gasteiger partial charge in [0, 0.05) is 28.3 Å². The maximum atomic E-state index is 12.0. The summed E-state index contributed by atoms with van der Waals surface area (Å²) in [6.45, 7) is 8.62. The van der Waals surface area contributed by atoms with Crippen molar-refractivity contribution in [2.45, 2.75) is 46.1 Å². The fourth-order valence-electron chi connectivity index (χ4n) is 1.93. The summed E-state index contributed by atoms with van der Waals surface area (Å²) >= 11 is 0. The van der Waals surface area contributed by atoms with E-state index in [1.807, 2.05) is 0 Å². The first-order valence-corrected chi connectivity index (χ1v) is 8.63. The van der Waals surface area contributed by atoms with Crippen LogP contribution in [0.1, 0.15) is 57.2 Å². The molecule has 0 amide bonds. The summed E-state index contributed by atoms with van der Waals surface area (Å²) in [5, 5.41) is 0. The molecule has 0 saturated heterocycles. The zero-order valence-electron chi connectivity index (χ0n) is 12.6. The van der Waals surface area contributed by atoms with Crippen LogP contribution in [0.2, 0.25) is 0 Å². The van der Waals surface area contributed by atoms with Crippen LogP contribution in [-0.4, -0.2) is 15.7 Å². The van der Waals surface area contributed by atoms with Crippen LogP contribution >= 0.6 is 0 Å². The molecule has 0 spiro atoms. The molecule has 108 valence electrons. The van der Waals surface area contributed by atoms with E-state index in [0.717, 1.165) is 17.7 Å². The van der Waals surface area contributed by atoms with Crippen molar-refractivity contribution in [3.63, 3.8) is 0 Å². The molecular weight excluding hydrogens is 254 g/mol. The maximum absolute atomic E-state index is 12.0. The smallest absolute Gasteiger partial charge is 0.0428 e. The molecule has 0 aliphatic carbocycles. The number of benzene rings is 1. The highest BCUT2D eigenvalue weighted by Gasteiger charge is 2.13. The minimum Gasteiger partial charge on any atom is -0.323 e. The van der Waals surface area contributed by atoms with Gasteiger partial charge in [-0.25, -0.2) is 0 Å². The number of rotatable bonds is 7. The summed E-state index contributed by atoms with van der Waals surface area (Å²) in [7, 11) is -0.820. The lowest BCUT2D eigenvalue weighted by atomic mass is 10.00. The van der Waals surface area contributed by atoms with Gasteiger partial charge in [0.1, 0.15) is 0 Å². The van der Waals surface area contributed by atoms with E-state index in [1.54, 1.807) is 0 Å². The maximum Gasteiger partial charge on any atom is 0.0428 e. The Kier molecular flexibility index (Phi) is 6.73. The monoisotopic (exact) mass is 281 g/mol. The first kappa shape index (κ1) is 16.4. The van der Waals surface area contributed by atoms with Gasteiger partial charge < -0.3 is 5.73 Å². The molecule has 1 aromatic carbocycles. The second kappa shape index (κ2) is 7.81. The van der Waals surface area contributed by atoms with Crippen molar-refractivity contribution in [2.75, 3.05) is 11.5 Å². The number of hydrogen-bond donors (Lipinski definition) is 1. The Morgan fingerprint density at radius 2 is 1.58 bits per heavy atom. The van der Waals surface area contributed by atoms with Gasteiger partial charge in [-0.15, -0.1) is 0 Å². The Labute approximate surface area is 120 Å². The molecule has 0 bridgehead atoms. The van der Waals surface area contributed by atoms with Gasteiger partial charge in [0.2, 0.25) is 0 Å². The van der Waals surface area contributed by atoms with Gasteiger partial charge in [-0.3, -0.25) is 4.21 Å². The van der Waals surface area contributed by atoms with Gasteiger partial charge in [-0.1, -0.05) is 58.4 Å². The Morgan fingerprint density at radius 1 is 1.05 bits per heavy atom. The zero-order valence-corrected chi connectivity index (χ0v) is 13.4. The second-order valence-corrected chi connectivity index (χ2v) is 7.26. The molecule has 1 aromatic rings. The fourth-order valence-corrected chi connectivity index (χ4v) is 3.53. The van der Waals surface area contributed by atoms with Gasteiger partial charge >= 0.3 is 0 Å². The van der Waals surface area contributed by atoms with Crippen LogP contribution in [0, 0.1) is 5.92 Å². The van der Waals surface area contributed by atoms with Crippen molar-refractivity contribution >= 4 is 10.8 Å². The molecule has 0 aliphatic heterocycles. The third-order valence-corrected chi connectivity index (χ3v) is 5.24. The molecular formula is C16H27NOS. The van der Waals surface area contributed by atoms with Gasteiger partial charge in [-0.2, -0.15) is 0 Å². The second-order valence-electron chi connectivity index (χ2n) is 5.71. The third-order valence-electron chi connectivity index (χ3n) is 3.56. The van der Waals surface area contributed by atoms with E-state index < -0.39 is 10.8 Å². The SMILES string of the molecule is CCC(C)CS(=O)CC(N)c1ccc(C(C)C)cc1. The highest BCUT2D eigenvalue weighted by Crippen LogP contribution is 2.18. The first-order valence-electron chi connectivity index (χ1n) is 7.14. The summed E-state index contributed by atoms with van der Waals surface area (Å²) in [4.78, 5) is 0. The highest BCUT2D eigenvalue weighted by atomic mass is 32.2. The molecule has 2 N–H and O–H groups in total. The van der Waals surface area contributed by atoms with Gasteiger partial charge in [0.05, 0.1) is 0 Å². The summed E-state index contributed by atoms with van der Waals surface area (Å²) in [6, 6.07) is 8.27. The van der Waals surface area contributed by atoms with Crippen LogP contribution in [0.3, 0.4) is 0 Å². The standard InChI is InChI=1S/C16H27NOS/c1-5-13(4)10-19(18)11-16(17)15-8-6-14(7-9-15)12(2)3/h6-9,12-13,16H,5,10-11,17H2,1-4H3. The molecule has 2 nitrogen and oxygen atoms in total. The van der Waals surface area contributed by atoms with Crippen LogP contribution in [0.25, 0.3) is 0 Å². The van der Waals surface area contributed by atoms with Crippen molar-refractivity contribution in [1.82, 2.24) is 0 Å². The van der Waals surface area contributed by atoms with Crippen molar-refractivity contribution in [1.29, 1.82) is 0 Å². The van der Waals surface area contributed by atoms with Crippen molar-refractivity contribution in [3.8, 4) is 0 Å². The van der Waals surface area contributed by atoms with Crippen LogP contribution in [0.5, 0.6) is 0 Å². The topological polar surface area (TPSA) is 43.1 Å². The summed E-state index contributed by atoms with van der Waals surface area (Å²) in [5.41, 5.74) is 8.55. The van der Waals surface area contributed by atoms with E-state index in [9.17, 15) is 4.21 Å². The van der Waals surface area contributed by atoms with E-state index in [0.29, 0.717) is 17.6 Å². The Balaban J connectivity index is 2.57. The average Bonchev–Trinajstić information content (AvgIpc) is 2.38. The molecule has 0 aliphatic rings. The molecule has 0 saturated carbocycles. The third kappa shape index (κ3) is 5.45. The molecule has 3 atom stereocenters. The Hall–Kier alpha value is -0.670. The summed E-state index contributed by atoms with van der Waals surface area (Å²) < 4.78 is 12.0. The normalized spacial score (nSPS) is 16.3. The largest absolute Gasteiger partial charge is 0.323 e. The van der Waals surface area contributed by atoms with Crippen LogP contribution in [-0.2, 0) is 10.8 Å². The van der Waals surface area contributed by atoms with Crippen LogP contribution in [0.15, 0.2) is 24.3 Å². The van der Waals surface area contributed by atoms with Crippen molar-refractivity contribution in [3.05, 3.63) is 35.4 Å². The summed E-state index contributed by atoms with van der Waals surface area (Å²) in [5.74, 6) is 2.36. The lowest BCUT2D eigenvalue weighted by Crippen LogP contribution is -2.21. The predicted octanol–water partition coefficient (Wildman–Crippen LogP) is 3.60. The molecule has 0 radical (unpaired) electrons. The van der Waals surface area contributed by atoms with Crippen molar-refractivity contribution < 1.29 is 4.21 Å². The quantitative estimate of drug-likeness (QED) is 0.829. The van der Waals surface area contributed by atoms with E-state index >= 15 is 0 Å².